The minimum atomic E-state index is 0.404. The number of allylic oxidation sites excluding steroid dienone is 6. The molecule has 2 aliphatic carbocycles. The van der Waals surface area contributed by atoms with Crippen molar-refractivity contribution in [3.8, 4) is 0 Å². The van der Waals surface area contributed by atoms with Gasteiger partial charge in [-0.25, -0.2) is 0 Å². The Balaban J connectivity index is 0.00000146. The summed E-state index contributed by atoms with van der Waals surface area (Å²) in [6, 6.07) is 0. The summed E-state index contributed by atoms with van der Waals surface area (Å²) in [6.07, 6.45) is 21.7. The summed E-state index contributed by atoms with van der Waals surface area (Å²) in [6.45, 7) is 17.4. The average Bonchev–Trinajstić information content (AvgIpc) is 3.07. The zero-order valence-electron chi connectivity index (χ0n) is 19.3. The molecule has 0 N–H and O–H groups in total. The van der Waals surface area contributed by atoms with Crippen LogP contribution in [0.5, 0.6) is 0 Å². The first-order valence-electron chi connectivity index (χ1n) is 11.6. The molecule has 0 aromatic rings. The smallest absolute Gasteiger partial charge is 0.00129 e. The van der Waals surface area contributed by atoms with Gasteiger partial charge < -0.3 is 0 Å². The van der Waals surface area contributed by atoms with E-state index in [1.165, 1.54) is 51.4 Å². The molecule has 0 amide bonds. The Kier molecular flexibility index (Phi) is 13.9. The third-order valence-corrected chi connectivity index (χ3v) is 5.41. The fraction of sp³-hybridized carbons (Fsp3) is 0.769. The summed E-state index contributed by atoms with van der Waals surface area (Å²) in [4.78, 5) is 0. The molecule has 0 bridgehead atoms. The van der Waals surface area contributed by atoms with Crippen LogP contribution >= 0.6 is 0 Å². The van der Waals surface area contributed by atoms with E-state index in [1.54, 1.807) is 11.1 Å². The topological polar surface area (TPSA) is 0 Å². The number of hydrogen-bond donors (Lipinski definition) is 0. The molecule has 26 heavy (non-hydrogen) atoms. The molecule has 0 saturated carbocycles. The molecule has 2 atom stereocenters. The summed E-state index contributed by atoms with van der Waals surface area (Å²) < 4.78 is 0. The van der Waals surface area contributed by atoms with E-state index in [1.807, 2.05) is 27.7 Å². The van der Waals surface area contributed by atoms with Crippen molar-refractivity contribution in [2.75, 3.05) is 0 Å². The fourth-order valence-electron chi connectivity index (χ4n) is 4.21. The molecule has 0 aromatic heterocycles. The van der Waals surface area contributed by atoms with E-state index in [2.05, 4.69) is 52.0 Å². The van der Waals surface area contributed by atoms with Crippen molar-refractivity contribution < 1.29 is 0 Å². The molecule has 0 radical (unpaired) electrons. The largest absolute Gasteiger partial charge is 0.0888 e. The maximum absolute atomic E-state index is 2.65. The SMILES string of the molecule is CC.CC.CC/C=C/CC(C)(C)CC1=CCCC2=CC(CCCC)CC21. The summed E-state index contributed by atoms with van der Waals surface area (Å²) in [5.41, 5.74) is 3.94. The van der Waals surface area contributed by atoms with Gasteiger partial charge in [0.2, 0.25) is 0 Å². The molecular formula is C26H48. The van der Waals surface area contributed by atoms with Crippen LogP contribution < -0.4 is 0 Å². The normalized spacial score (nSPS) is 21.8. The average molecular weight is 361 g/mol. The van der Waals surface area contributed by atoms with Crippen molar-refractivity contribution in [2.45, 2.75) is 113 Å². The number of fused-ring (bicyclic) bond motifs is 1. The molecule has 152 valence electrons. The van der Waals surface area contributed by atoms with Gasteiger partial charge in [-0.1, -0.05) is 104 Å². The van der Waals surface area contributed by atoms with Crippen molar-refractivity contribution in [3.63, 3.8) is 0 Å². The lowest BCUT2D eigenvalue weighted by atomic mass is 9.74. The predicted molar refractivity (Wildman–Crippen MR) is 122 cm³/mol. The molecule has 0 aliphatic heterocycles. The number of hydrogen-bond acceptors (Lipinski definition) is 0. The van der Waals surface area contributed by atoms with E-state index < -0.39 is 0 Å². The zero-order chi connectivity index (χ0) is 20.0. The first-order chi connectivity index (χ1) is 12.6. The van der Waals surface area contributed by atoms with Crippen LogP contribution in [0.1, 0.15) is 113 Å². The number of unbranched alkanes of at least 4 members (excludes halogenated alkanes) is 1. The molecule has 0 nitrogen and oxygen atoms in total. The number of rotatable bonds is 8. The highest BCUT2D eigenvalue weighted by Gasteiger charge is 2.32. The van der Waals surface area contributed by atoms with Crippen LogP contribution in [-0.4, -0.2) is 0 Å². The standard InChI is InChI=1S/C22H36.2C2H6/c1-5-7-9-14-22(3,4)17-20-13-10-12-19-15-18(11-8-6-2)16-21(19)20;2*1-2/h7,9,13,15,18,21H,5-6,8,10-12,14,16-17H2,1-4H3;2*1-2H3/b9-7+;;. The molecule has 2 aliphatic rings. The van der Waals surface area contributed by atoms with Gasteiger partial charge in [-0.2, -0.15) is 0 Å². The lowest BCUT2D eigenvalue weighted by Crippen LogP contribution is -2.18. The van der Waals surface area contributed by atoms with Gasteiger partial charge >= 0.3 is 0 Å². The molecule has 2 unspecified atom stereocenters. The Morgan fingerprint density at radius 3 is 2.38 bits per heavy atom. The van der Waals surface area contributed by atoms with Crippen LogP contribution in [0.3, 0.4) is 0 Å². The third kappa shape index (κ3) is 8.74. The van der Waals surface area contributed by atoms with Gasteiger partial charge in [-0.3, -0.25) is 0 Å². The Labute approximate surface area is 166 Å². The van der Waals surface area contributed by atoms with E-state index in [0.29, 0.717) is 5.41 Å². The van der Waals surface area contributed by atoms with Crippen LogP contribution in [0.25, 0.3) is 0 Å². The molecule has 0 heteroatoms. The first-order valence-corrected chi connectivity index (χ1v) is 11.6. The molecule has 0 heterocycles. The molecule has 0 saturated heterocycles. The van der Waals surface area contributed by atoms with E-state index >= 15 is 0 Å². The summed E-state index contributed by atoms with van der Waals surface area (Å²) in [5, 5.41) is 0. The molecule has 2 rings (SSSR count). The van der Waals surface area contributed by atoms with Gasteiger partial charge in [0.15, 0.2) is 0 Å². The van der Waals surface area contributed by atoms with E-state index in [4.69, 9.17) is 0 Å². The van der Waals surface area contributed by atoms with E-state index in [0.717, 1.165) is 18.3 Å². The maximum atomic E-state index is 2.65. The Morgan fingerprint density at radius 2 is 1.77 bits per heavy atom. The predicted octanol–water partition coefficient (Wildman–Crippen LogP) is 9.28. The van der Waals surface area contributed by atoms with Gasteiger partial charge in [-0.05, 0) is 56.3 Å². The van der Waals surface area contributed by atoms with Gasteiger partial charge in [0.05, 0.1) is 0 Å². The second-order valence-corrected chi connectivity index (χ2v) is 8.17. The van der Waals surface area contributed by atoms with Crippen LogP contribution in [0, 0.1) is 17.3 Å². The summed E-state index contributed by atoms with van der Waals surface area (Å²) in [5.74, 6) is 1.66. The highest BCUT2D eigenvalue weighted by Crippen LogP contribution is 2.46. The van der Waals surface area contributed by atoms with E-state index in [-0.39, 0.29) is 0 Å². The molecule has 0 aromatic carbocycles. The van der Waals surface area contributed by atoms with Crippen molar-refractivity contribution in [1.29, 1.82) is 0 Å². The Bertz CT molecular complexity index is 433. The van der Waals surface area contributed by atoms with Gasteiger partial charge in [0, 0.05) is 5.92 Å². The Morgan fingerprint density at radius 1 is 1.08 bits per heavy atom. The molecular weight excluding hydrogens is 312 g/mol. The highest BCUT2D eigenvalue weighted by molar-refractivity contribution is 5.31. The van der Waals surface area contributed by atoms with Crippen LogP contribution in [-0.2, 0) is 0 Å². The lowest BCUT2D eigenvalue weighted by molar-refractivity contribution is 0.346. The van der Waals surface area contributed by atoms with Crippen molar-refractivity contribution in [3.05, 3.63) is 35.5 Å². The van der Waals surface area contributed by atoms with Crippen molar-refractivity contribution in [1.82, 2.24) is 0 Å². The minimum Gasteiger partial charge on any atom is -0.0888 e. The van der Waals surface area contributed by atoms with Crippen molar-refractivity contribution in [2.24, 2.45) is 17.3 Å². The lowest BCUT2D eigenvalue weighted by Gasteiger charge is -2.31. The molecule has 0 spiro atoms. The fourth-order valence-corrected chi connectivity index (χ4v) is 4.21. The van der Waals surface area contributed by atoms with Crippen LogP contribution in [0.4, 0.5) is 0 Å². The minimum absolute atomic E-state index is 0.404. The maximum Gasteiger partial charge on any atom is 0.00129 e. The Hall–Kier alpha value is -0.780. The van der Waals surface area contributed by atoms with Gasteiger partial charge in [0.25, 0.3) is 0 Å². The third-order valence-electron chi connectivity index (χ3n) is 5.41. The van der Waals surface area contributed by atoms with Crippen LogP contribution in [0.15, 0.2) is 35.5 Å². The molecule has 0 fully saturated rings. The second kappa shape index (κ2) is 14.3. The zero-order valence-corrected chi connectivity index (χ0v) is 19.3. The second-order valence-electron chi connectivity index (χ2n) is 8.17. The van der Waals surface area contributed by atoms with E-state index in [9.17, 15) is 0 Å². The monoisotopic (exact) mass is 360 g/mol. The highest BCUT2D eigenvalue weighted by atomic mass is 14.4. The van der Waals surface area contributed by atoms with Gasteiger partial charge in [0.1, 0.15) is 0 Å². The summed E-state index contributed by atoms with van der Waals surface area (Å²) >= 11 is 0. The van der Waals surface area contributed by atoms with Gasteiger partial charge in [-0.15, -0.1) is 0 Å². The van der Waals surface area contributed by atoms with Crippen molar-refractivity contribution >= 4 is 0 Å². The first kappa shape index (κ1) is 25.2. The summed E-state index contributed by atoms with van der Waals surface area (Å²) in [7, 11) is 0. The quantitative estimate of drug-likeness (QED) is 0.378. The van der Waals surface area contributed by atoms with Crippen LogP contribution in [0.2, 0.25) is 0 Å².